The first-order chi connectivity index (χ1) is 5.81. The molecule has 0 amide bonds. The van der Waals surface area contributed by atoms with Crippen molar-refractivity contribution in [1.29, 1.82) is 0 Å². The third-order valence-electron chi connectivity index (χ3n) is 1.68. The van der Waals surface area contributed by atoms with Gasteiger partial charge in [-0.25, -0.2) is 4.98 Å². The molecule has 0 aromatic carbocycles. The first kappa shape index (κ1) is 10.5. The van der Waals surface area contributed by atoms with E-state index >= 15 is 0 Å². The minimum Gasteiger partial charge on any atom is -0.396 e. The maximum absolute atomic E-state index is 6.03. The fraction of sp³-hybridized carbons (Fsp3) is 0.667. The van der Waals surface area contributed by atoms with Gasteiger partial charge in [0.05, 0.1) is 6.33 Å². The van der Waals surface area contributed by atoms with Crippen LogP contribution in [0.1, 0.15) is 13.8 Å². The molecule has 0 bridgehead atoms. The molecule has 0 aliphatic carbocycles. The normalized spacial score (nSPS) is 13.3. The van der Waals surface area contributed by atoms with Gasteiger partial charge in [0.15, 0.2) is 8.32 Å². The predicted molar refractivity (Wildman–Crippen MR) is 56.0 cm³/mol. The molecule has 0 unspecified atom stereocenters. The Labute approximate surface area is 80.9 Å². The van der Waals surface area contributed by atoms with Gasteiger partial charge in [0.1, 0.15) is 5.72 Å². The Balaban J connectivity index is 2.78. The summed E-state index contributed by atoms with van der Waals surface area (Å²) in [6, 6.07) is 0. The summed E-state index contributed by atoms with van der Waals surface area (Å²) in [4.78, 5) is 4.02. The fourth-order valence-corrected chi connectivity index (χ4v) is 2.98. The highest BCUT2D eigenvalue weighted by atomic mass is 28.4. The second kappa shape index (κ2) is 3.27. The van der Waals surface area contributed by atoms with E-state index < -0.39 is 8.32 Å². The van der Waals surface area contributed by atoms with Crippen LogP contribution in [0.25, 0.3) is 0 Å². The van der Waals surface area contributed by atoms with Crippen molar-refractivity contribution in [2.24, 2.45) is 0 Å². The number of hydrogen-bond donors (Lipinski definition) is 0. The van der Waals surface area contributed by atoms with Crippen molar-refractivity contribution < 1.29 is 4.43 Å². The van der Waals surface area contributed by atoms with Crippen LogP contribution in [0, 0.1) is 0 Å². The molecule has 1 rings (SSSR count). The van der Waals surface area contributed by atoms with Crippen LogP contribution in [0.2, 0.25) is 19.6 Å². The quantitative estimate of drug-likeness (QED) is 0.697. The largest absolute Gasteiger partial charge is 0.396 e. The Hall–Kier alpha value is -0.613. The highest BCUT2D eigenvalue weighted by molar-refractivity contribution is 6.69. The first-order valence-corrected chi connectivity index (χ1v) is 7.91. The number of nitrogens with zero attached hydrogens (tertiary/aromatic N) is 2. The minimum atomic E-state index is -1.50. The smallest absolute Gasteiger partial charge is 0.186 e. The molecule has 1 aromatic heterocycles. The van der Waals surface area contributed by atoms with Crippen molar-refractivity contribution in [1.82, 2.24) is 9.55 Å². The second-order valence-corrected chi connectivity index (χ2v) is 9.06. The molecule has 0 atom stereocenters. The molecule has 3 nitrogen and oxygen atoms in total. The van der Waals surface area contributed by atoms with E-state index in [-0.39, 0.29) is 5.72 Å². The Morgan fingerprint density at radius 2 is 1.92 bits per heavy atom. The lowest BCUT2D eigenvalue weighted by Crippen LogP contribution is -2.40. The van der Waals surface area contributed by atoms with E-state index in [1.54, 1.807) is 12.5 Å². The van der Waals surface area contributed by atoms with Gasteiger partial charge in [-0.2, -0.15) is 0 Å². The van der Waals surface area contributed by atoms with Crippen molar-refractivity contribution in [2.45, 2.75) is 39.2 Å². The van der Waals surface area contributed by atoms with Crippen molar-refractivity contribution in [3.05, 3.63) is 18.7 Å². The molecule has 0 aliphatic heterocycles. The van der Waals surface area contributed by atoms with Gasteiger partial charge in [0.2, 0.25) is 0 Å². The van der Waals surface area contributed by atoms with Crippen molar-refractivity contribution in [2.75, 3.05) is 0 Å². The molecule has 0 saturated carbocycles. The molecule has 74 valence electrons. The van der Waals surface area contributed by atoms with Crippen LogP contribution in [0.3, 0.4) is 0 Å². The summed E-state index contributed by atoms with van der Waals surface area (Å²) in [6.45, 7) is 10.7. The SMILES string of the molecule is CC(C)(O[Si](C)(C)C)n1ccnc1. The Bertz CT molecular complexity index is 262. The van der Waals surface area contributed by atoms with Gasteiger partial charge < -0.3 is 8.99 Å². The molecular weight excluding hydrogens is 180 g/mol. The lowest BCUT2D eigenvalue weighted by atomic mass is 10.3. The van der Waals surface area contributed by atoms with Crippen LogP contribution < -0.4 is 0 Å². The molecule has 0 spiro atoms. The summed E-state index contributed by atoms with van der Waals surface area (Å²) in [5.74, 6) is 0. The summed E-state index contributed by atoms with van der Waals surface area (Å²) in [5.41, 5.74) is -0.277. The monoisotopic (exact) mass is 198 g/mol. The fourth-order valence-electron chi connectivity index (χ4n) is 1.38. The molecule has 13 heavy (non-hydrogen) atoms. The molecule has 4 heteroatoms. The van der Waals surface area contributed by atoms with E-state index in [2.05, 4.69) is 38.5 Å². The molecule has 1 aromatic rings. The van der Waals surface area contributed by atoms with Gasteiger partial charge >= 0.3 is 0 Å². The Kier molecular flexibility index (Phi) is 2.63. The number of imidazole rings is 1. The van der Waals surface area contributed by atoms with Crippen LogP contribution in [0.5, 0.6) is 0 Å². The van der Waals surface area contributed by atoms with E-state index in [1.165, 1.54) is 0 Å². The average molecular weight is 198 g/mol. The number of aromatic nitrogens is 2. The topological polar surface area (TPSA) is 27.1 Å². The minimum absolute atomic E-state index is 0.277. The van der Waals surface area contributed by atoms with Crippen molar-refractivity contribution in [3.63, 3.8) is 0 Å². The second-order valence-electron chi connectivity index (χ2n) is 4.63. The van der Waals surface area contributed by atoms with Crippen molar-refractivity contribution in [3.8, 4) is 0 Å². The Morgan fingerprint density at radius 1 is 1.31 bits per heavy atom. The molecule has 0 fully saturated rings. The molecule has 0 radical (unpaired) electrons. The van der Waals surface area contributed by atoms with Gasteiger partial charge in [0.25, 0.3) is 0 Å². The molecule has 0 aliphatic rings. The zero-order chi connectivity index (χ0) is 10.1. The predicted octanol–water partition coefficient (Wildman–Crippen LogP) is 2.43. The number of hydrogen-bond acceptors (Lipinski definition) is 2. The van der Waals surface area contributed by atoms with E-state index in [1.807, 2.05) is 10.8 Å². The van der Waals surface area contributed by atoms with E-state index in [4.69, 9.17) is 4.43 Å². The first-order valence-electron chi connectivity index (χ1n) is 4.50. The zero-order valence-electron chi connectivity index (χ0n) is 9.03. The van der Waals surface area contributed by atoms with Crippen molar-refractivity contribution >= 4 is 8.32 Å². The summed E-state index contributed by atoms with van der Waals surface area (Å²) in [7, 11) is -1.50. The third-order valence-corrected chi connectivity index (χ3v) is 2.79. The lowest BCUT2D eigenvalue weighted by Gasteiger charge is -2.33. The van der Waals surface area contributed by atoms with Gasteiger partial charge in [-0.15, -0.1) is 0 Å². The summed E-state index contributed by atoms with van der Waals surface area (Å²) in [5, 5.41) is 0. The lowest BCUT2D eigenvalue weighted by molar-refractivity contribution is 0.0222. The highest BCUT2D eigenvalue weighted by Gasteiger charge is 2.28. The van der Waals surface area contributed by atoms with Crippen LogP contribution in [-0.4, -0.2) is 17.9 Å². The van der Waals surface area contributed by atoms with E-state index in [0.29, 0.717) is 0 Å². The summed E-state index contributed by atoms with van der Waals surface area (Å²) < 4.78 is 8.02. The maximum Gasteiger partial charge on any atom is 0.186 e. The zero-order valence-corrected chi connectivity index (χ0v) is 10.0. The molecule has 1 heterocycles. The highest BCUT2D eigenvalue weighted by Crippen LogP contribution is 2.21. The van der Waals surface area contributed by atoms with Crippen LogP contribution in [0.4, 0.5) is 0 Å². The summed E-state index contributed by atoms with van der Waals surface area (Å²) >= 11 is 0. The Morgan fingerprint density at radius 3 is 2.31 bits per heavy atom. The molecule has 0 N–H and O–H groups in total. The maximum atomic E-state index is 6.03. The van der Waals surface area contributed by atoms with Gasteiger partial charge in [-0.05, 0) is 33.5 Å². The average Bonchev–Trinajstić information content (AvgIpc) is 2.29. The van der Waals surface area contributed by atoms with E-state index in [0.717, 1.165) is 0 Å². The van der Waals surface area contributed by atoms with Crippen LogP contribution in [-0.2, 0) is 10.2 Å². The van der Waals surface area contributed by atoms with Gasteiger partial charge in [-0.1, -0.05) is 0 Å². The van der Waals surface area contributed by atoms with Gasteiger partial charge in [0, 0.05) is 12.4 Å². The third kappa shape index (κ3) is 2.97. The molecule has 0 saturated heterocycles. The van der Waals surface area contributed by atoms with Crippen LogP contribution in [0.15, 0.2) is 18.7 Å². The summed E-state index contributed by atoms with van der Waals surface area (Å²) in [6.07, 6.45) is 5.50. The number of rotatable bonds is 3. The standard InChI is InChI=1S/C9H18N2OSi/c1-9(2,12-13(3,4)5)11-7-6-10-8-11/h6-8H,1-5H3. The van der Waals surface area contributed by atoms with Gasteiger partial charge in [-0.3, -0.25) is 0 Å². The van der Waals surface area contributed by atoms with Crippen LogP contribution >= 0.6 is 0 Å². The van der Waals surface area contributed by atoms with E-state index in [9.17, 15) is 0 Å². The molecular formula is C9H18N2OSi.